The number of nitriles is 1. The average molecular weight is 290 g/mol. The van der Waals surface area contributed by atoms with E-state index >= 15 is 0 Å². The number of unbranched alkanes of at least 4 members (excludes halogenated alkanes) is 1. The van der Waals surface area contributed by atoms with Gasteiger partial charge in [0.05, 0.1) is 17.2 Å². The number of aliphatic hydroxyl groups is 1. The number of carbonyl (C=O) groups is 2. The molecule has 0 aliphatic carbocycles. The van der Waals surface area contributed by atoms with E-state index in [1.807, 2.05) is 0 Å². The highest BCUT2D eigenvalue weighted by atomic mass is 19.1. The Bertz CT molecular complexity index is 576. The lowest BCUT2D eigenvalue weighted by Gasteiger charge is -2.32. The van der Waals surface area contributed by atoms with Crippen LogP contribution in [0.2, 0.25) is 0 Å². The molecule has 1 unspecified atom stereocenters. The van der Waals surface area contributed by atoms with Crippen LogP contribution in [0.4, 0.5) is 4.39 Å². The summed E-state index contributed by atoms with van der Waals surface area (Å²) in [5.74, 6) is -1.28. The summed E-state index contributed by atoms with van der Waals surface area (Å²) in [6.45, 7) is -1.21. The molecule has 21 heavy (non-hydrogen) atoms. The number of halogens is 1. The topological polar surface area (TPSA) is 81.4 Å². The zero-order valence-electron chi connectivity index (χ0n) is 11.4. The molecular formula is C15H15FN2O3. The summed E-state index contributed by atoms with van der Waals surface area (Å²) < 4.78 is 13.5. The van der Waals surface area contributed by atoms with Crippen molar-refractivity contribution in [1.29, 1.82) is 5.26 Å². The number of hydrogen-bond donors (Lipinski definition) is 1. The van der Waals surface area contributed by atoms with Gasteiger partial charge < -0.3 is 5.11 Å². The first-order valence-corrected chi connectivity index (χ1v) is 6.67. The zero-order valence-corrected chi connectivity index (χ0v) is 11.4. The highest BCUT2D eigenvalue weighted by Crippen LogP contribution is 2.32. The van der Waals surface area contributed by atoms with Crippen LogP contribution in [0, 0.1) is 11.3 Å². The molecule has 0 fully saturated rings. The van der Waals surface area contributed by atoms with Crippen LogP contribution in [0.25, 0.3) is 0 Å². The van der Waals surface area contributed by atoms with Crippen LogP contribution in [0.5, 0.6) is 0 Å². The summed E-state index contributed by atoms with van der Waals surface area (Å²) in [7, 11) is 0. The van der Waals surface area contributed by atoms with Crippen LogP contribution in [0.1, 0.15) is 40.0 Å². The second kappa shape index (κ2) is 6.02. The molecule has 1 aromatic carbocycles. The van der Waals surface area contributed by atoms with Gasteiger partial charge in [-0.2, -0.15) is 5.26 Å². The van der Waals surface area contributed by atoms with Crippen molar-refractivity contribution in [3.63, 3.8) is 0 Å². The fraction of sp³-hybridized carbons (Fsp3) is 0.400. The van der Waals surface area contributed by atoms with Crippen LogP contribution < -0.4 is 0 Å². The number of alkyl halides is 1. The van der Waals surface area contributed by atoms with Gasteiger partial charge in [0.2, 0.25) is 0 Å². The highest BCUT2D eigenvalue weighted by Gasteiger charge is 2.49. The van der Waals surface area contributed by atoms with Crippen molar-refractivity contribution in [2.45, 2.75) is 24.8 Å². The molecule has 5 nitrogen and oxygen atoms in total. The third-order valence-corrected chi connectivity index (χ3v) is 3.65. The number of nitrogens with zero attached hydrogens (tertiary/aromatic N) is 2. The van der Waals surface area contributed by atoms with E-state index in [0.29, 0.717) is 12.8 Å². The summed E-state index contributed by atoms with van der Waals surface area (Å²) in [5, 5.41) is 18.1. The van der Waals surface area contributed by atoms with Crippen molar-refractivity contribution in [3.8, 4) is 6.07 Å². The van der Waals surface area contributed by atoms with E-state index in [1.165, 1.54) is 12.1 Å². The molecule has 0 bridgehead atoms. The van der Waals surface area contributed by atoms with Gasteiger partial charge in [0.25, 0.3) is 11.8 Å². The second-order valence-electron chi connectivity index (χ2n) is 4.95. The Morgan fingerprint density at radius 2 is 1.76 bits per heavy atom. The molecule has 0 radical (unpaired) electrons. The first-order valence-electron chi connectivity index (χ1n) is 6.67. The molecule has 1 N–H and O–H groups in total. The summed E-state index contributed by atoms with van der Waals surface area (Å²) in [6.07, 6.45) is 0.736. The number of fused-ring (bicyclic) bond motifs is 1. The molecule has 1 atom stereocenters. The molecule has 110 valence electrons. The maximum absolute atomic E-state index is 13.5. The lowest BCUT2D eigenvalue weighted by atomic mass is 9.93. The van der Waals surface area contributed by atoms with Gasteiger partial charge >= 0.3 is 0 Å². The Hall–Kier alpha value is -2.26. The van der Waals surface area contributed by atoms with E-state index < -0.39 is 24.0 Å². The van der Waals surface area contributed by atoms with Crippen LogP contribution >= 0.6 is 0 Å². The number of rotatable bonds is 6. The van der Waals surface area contributed by atoms with Gasteiger partial charge in [-0.3, -0.25) is 14.5 Å². The normalized spacial score (nSPS) is 16.5. The third-order valence-electron chi connectivity index (χ3n) is 3.65. The first-order chi connectivity index (χ1) is 10.1. The van der Waals surface area contributed by atoms with Crippen LogP contribution in [-0.4, -0.2) is 40.6 Å². The van der Waals surface area contributed by atoms with Crippen LogP contribution in [0.15, 0.2) is 24.3 Å². The largest absolute Gasteiger partial charge is 0.396 e. The smallest absolute Gasteiger partial charge is 0.263 e. The van der Waals surface area contributed by atoms with Gasteiger partial charge in [-0.1, -0.05) is 12.1 Å². The lowest BCUT2D eigenvalue weighted by molar-refractivity contribution is 0.0445. The number of imide groups is 1. The number of carbonyl (C=O) groups excluding carboxylic acids is 2. The van der Waals surface area contributed by atoms with Crippen LogP contribution in [0.3, 0.4) is 0 Å². The lowest BCUT2D eigenvalue weighted by Crippen LogP contribution is -2.52. The summed E-state index contributed by atoms with van der Waals surface area (Å²) in [4.78, 5) is 25.4. The van der Waals surface area contributed by atoms with Crippen molar-refractivity contribution < 1.29 is 19.1 Å². The van der Waals surface area contributed by atoms with Gasteiger partial charge in [-0.05, 0) is 31.4 Å². The van der Waals surface area contributed by atoms with Gasteiger partial charge in [0.1, 0.15) is 6.67 Å². The molecule has 6 heteroatoms. The molecule has 1 aromatic rings. The predicted molar refractivity (Wildman–Crippen MR) is 72.2 cm³/mol. The van der Waals surface area contributed by atoms with Gasteiger partial charge in [0, 0.05) is 6.61 Å². The molecule has 2 amide bonds. The highest BCUT2D eigenvalue weighted by molar-refractivity contribution is 6.22. The van der Waals surface area contributed by atoms with E-state index in [0.717, 1.165) is 4.90 Å². The number of benzene rings is 1. The van der Waals surface area contributed by atoms with E-state index in [1.54, 1.807) is 18.2 Å². The molecule has 1 aliphatic rings. The maximum atomic E-state index is 13.5. The summed E-state index contributed by atoms with van der Waals surface area (Å²) >= 11 is 0. The fourth-order valence-electron chi connectivity index (χ4n) is 2.48. The minimum absolute atomic E-state index is 0.00598. The first kappa shape index (κ1) is 15.1. The van der Waals surface area contributed by atoms with Crippen LogP contribution in [-0.2, 0) is 0 Å². The average Bonchev–Trinajstić information content (AvgIpc) is 2.78. The molecule has 1 heterocycles. The van der Waals surface area contributed by atoms with Crippen molar-refractivity contribution in [2.24, 2.45) is 0 Å². The van der Waals surface area contributed by atoms with E-state index in [4.69, 9.17) is 5.11 Å². The number of aliphatic hydroxyl groups excluding tert-OH is 1. The van der Waals surface area contributed by atoms with E-state index in [9.17, 15) is 19.2 Å². The molecule has 0 spiro atoms. The van der Waals surface area contributed by atoms with Crippen molar-refractivity contribution in [2.75, 3.05) is 13.3 Å². The number of hydrogen-bond acceptors (Lipinski definition) is 4. The minimum Gasteiger partial charge on any atom is -0.396 e. The van der Waals surface area contributed by atoms with Crippen molar-refractivity contribution >= 4 is 11.8 Å². The van der Waals surface area contributed by atoms with E-state index in [-0.39, 0.29) is 24.2 Å². The van der Waals surface area contributed by atoms with E-state index in [2.05, 4.69) is 0 Å². The molecule has 0 saturated carbocycles. The third kappa shape index (κ3) is 2.41. The van der Waals surface area contributed by atoms with Gasteiger partial charge in [0.15, 0.2) is 5.54 Å². The molecule has 0 aromatic heterocycles. The summed E-state index contributed by atoms with van der Waals surface area (Å²) in [6, 6.07) is 8.00. The minimum atomic E-state index is -1.80. The molecule has 2 rings (SSSR count). The Balaban J connectivity index is 2.37. The Morgan fingerprint density at radius 1 is 1.19 bits per heavy atom. The second-order valence-corrected chi connectivity index (χ2v) is 4.95. The predicted octanol–water partition coefficient (Wildman–Crippen LogP) is 1.68. The molecule has 1 aliphatic heterocycles. The summed E-state index contributed by atoms with van der Waals surface area (Å²) in [5.41, 5.74) is -1.42. The van der Waals surface area contributed by atoms with Gasteiger partial charge in [-0.15, -0.1) is 0 Å². The zero-order chi connectivity index (χ0) is 15.5. The monoisotopic (exact) mass is 290 g/mol. The fourth-order valence-corrected chi connectivity index (χ4v) is 2.48. The quantitative estimate of drug-likeness (QED) is 0.638. The Labute approximate surface area is 121 Å². The standard InChI is InChI=1S/C15H15FN2O3/c16-9-15(10-17,7-3-4-8-19)18-13(20)11-5-1-2-6-12(11)14(18)21/h1-2,5-6,19H,3-4,7-9H2. The Kier molecular flexibility index (Phi) is 4.34. The molecule has 0 saturated heterocycles. The maximum Gasteiger partial charge on any atom is 0.263 e. The van der Waals surface area contributed by atoms with Crippen molar-refractivity contribution in [3.05, 3.63) is 35.4 Å². The molecular weight excluding hydrogens is 275 g/mol. The van der Waals surface area contributed by atoms with Crippen molar-refractivity contribution in [1.82, 2.24) is 4.90 Å². The SMILES string of the molecule is N#CC(CF)(CCCCO)N1C(=O)c2ccccc2C1=O. The number of amides is 2. The van der Waals surface area contributed by atoms with Gasteiger partial charge in [-0.25, -0.2) is 4.39 Å². The Morgan fingerprint density at radius 3 is 2.19 bits per heavy atom.